The summed E-state index contributed by atoms with van der Waals surface area (Å²) in [6, 6.07) is 4.63. The van der Waals surface area contributed by atoms with Gasteiger partial charge >= 0.3 is 0 Å². The van der Waals surface area contributed by atoms with E-state index in [0.29, 0.717) is 11.9 Å². The van der Waals surface area contributed by atoms with E-state index in [1.807, 2.05) is 12.1 Å². The number of hydrogen-bond acceptors (Lipinski definition) is 4. The third-order valence-electron chi connectivity index (χ3n) is 3.66. The van der Waals surface area contributed by atoms with Gasteiger partial charge in [0, 0.05) is 19.1 Å². The minimum Gasteiger partial charge on any atom is -0.354 e. The highest BCUT2D eigenvalue weighted by Gasteiger charge is 2.26. The zero-order valence-electron chi connectivity index (χ0n) is 11.1. The van der Waals surface area contributed by atoms with Gasteiger partial charge in [0.05, 0.1) is 11.6 Å². The van der Waals surface area contributed by atoms with Crippen LogP contribution >= 0.6 is 11.6 Å². The number of likely N-dealkylation sites (N-methyl/N-ethyl adjacent to an activating group) is 1. The van der Waals surface area contributed by atoms with Crippen LogP contribution in [0.3, 0.4) is 0 Å². The first-order valence-corrected chi connectivity index (χ1v) is 7.19. The van der Waals surface area contributed by atoms with Crippen molar-refractivity contribution in [1.82, 2.24) is 15.1 Å². The number of rotatable bonds is 5. The average Bonchev–Trinajstić information content (AvgIpc) is 2.90. The summed E-state index contributed by atoms with van der Waals surface area (Å²) in [5, 5.41) is 8.36. The van der Waals surface area contributed by atoms with Crippen LogP contribution in [0, 0.1) is 0 Å². The van der Waals surface area contributed by atoms with Crippen molar-refractivity contribution in [1.29, 1.82) is 0 Å². The number of anilines is 1. The van der Waals surface area contributed by atoms with Crippen molar-refractivity contribution in [3.63, 3.8) is 0 Å². The summed E-state index contributed by atoms with van der Waals surface area (Å²) >= 11 is 5.72. The predicted octanol–water partition coefficient (Wildman–Crippen LogP) is 2.14. The quantitative estimate of drug-likeness (QED) is 0.766. The largest absolute Gasteiger partial charge is 0.354 e. The zero-order chi connectivity index (χ0) is 13.0. The Hall–Kier alpha value is -0.870. The molecule has 2 heterocycles. The fraction of sp³-hybridized carbons (Fsp3) is 0.692. The van der Waals surface area contributed by atoms with Crippen molar-refractivity contribution in [2.75, 3.05) is 31.1 Å². The first kappa shape index (κ1) is 13.6. The lowest BCUT2D eigenvalue weighted by Crippen LogP contribution is -2.37. The maximum Gasteiger partial charge on any atom is 0.151 e. The topological polar surface area (TPSA) is 32.3 Å². The van der Waals surface area contributed by atoms with Gasteiger partial charge in [-0.3, -0.25) is 4.90 Å². The summed E-state index contributed by atoms with van der Waals surface area (Å²) in [6.45, 7) is 8.80. The van der Waals surface area contributed by atoms with Crippen LogP contribution in [-0.2, 0) is 5.88 Å². The van der Waals surface area contributed by atoms with E-state index >= 15 is 0 Å². The summed E-state index contributed by atoms with van der Waals surface area (Å²) < 4.78 is 0. The first-order valence-electron chi connectivity index (χ1n) is 6.66. The maximum absolute atomic E-state index is 5.72. The van der Waals surface area contributed by atoms with Gasteiger partial charge in [-0.15, -0.1) is 16.7 Å². The van der Waals surface area contributed by atoms with E-state index in [1.54, 1.807) is 0 Å². The SMILES string of the molecule is CCN(CC)C1CCN(c2ccc(CCl)nn2)C1. The van der Waals surface area contributed by atoms with Crippen LogP contribution < -0.4 is 4.90 Å². The summed E-state index contributed by atoms with van der Waals surface area (Å²) in [4.78, 5) is 4.83. The Morgan fingerprint density at radius 1 is 1.33 bits per heavy atom. The van der Waals surface area contributed by atoms with Gasteiger partial charge in [0.25, 0.3) is 0 Å². The number of nitrogens with zero attached hydrogens (tertiary/aromatic N) is 4. The molecule has 18 heavy (non-hydrogen) atoms. The molecule has 1 unspecified atom stereocenters. The highest BCUT2D eigenvalue weighted by Crippen LogP contribution is 2.20. The molecule has 1 atom stereocenters. The van der Waals surface area contributed by atoms with E-state index in [2.05, 4.69) is 33.8 Å². The van der Waals surface area contributed by atoms with Gasteiger partial charge in [-0.05, 0) is 31.6 Å². The smallest absolute Gasteiger partial charge is 0.151 e. The lowest BCUT2D eigenvalue weighted by Gasteiger charge is -2.26. The molecule has 5 heteroatoms. The molecule has 0 N–H and O–H groups in total. The zero-order valence-corrected chi connectivity index (χ0v) is 11.9. The molecule has 0 bridgehead atoms. The highest BCUT2D eigenvalue weighted by atomic mass is 35.5. The minimum atomic E-state index is 0.426. The summed E-state index contributed by atoms with van der Waals surface area (Å²) in [7, 11) is 0. The van der Waals surface area contributed by atoms with Crippen molar-refractivity contribution < 1.29 is 0 Å². The third kappa shape index (κ3) is 2.93. The molecule has 1 fully saturated rings. The second kappa shape index (κ2) is 6.34. The standard InChI is InChI=1S/C13H21ClN4/c1-3-17(4-2)12-7-8-18(10-12)13-6-5-11(9-14)15-16-13/h5-6,12H,3-4,7-10H2,1-2H3. The third-order valence-corrected chi connectivity index (χ3v) is 3.93. The van der Waals surface area contributed by atoms with Crippen molar-refractivity contribution in [3.8, 4) is 0 Å². The van der Waals surface area contributed by atoms with E-state index in [0.717, 1.165) is 37.7 Å². The lowest BCUT2D eigenvalue weighted by molar-refractivity contribution is 0.232. The Balaban J connectivity index is 1.99. The fourth-order valence-corrected chi connectivity index (χ4v) is 2.72. The fourth-order valence-electron chi connectivity index (χ4n) is 2.58. The van der Waals surface area contributed by atoms with Gasteiger partial charge in [0.15, 0.2) is 5.82 Å². The Kier molecular flexibility index (Phi) is 4.78. The van der Waals surface area contributed by atoms with E-state index in [4.69, 9.17) is 11.6 Å². The highest BCUT2D eigenvalue weighted by molar-refractivity contribution is 6.16. The molecule has 1 aromatic heterocycles. The second-order valence-electron chi connectivity index (χ2n) is 4.63. The molecular weight excluding hydrogens is 248 g/mol. The van der Waals surface area contributed by atoms with E-state index in [1.165, 1.54) is 6.42 Å². The maximum atomic E-state index is 5.72. The molecule has 100 valence electrons. The van der Waals surface area contributed by atoms with Gasteiger partial charge in [-0.2, -0.15) is 5.10 Å². The molecule has 2 rings (SSSR count). The van der Waals surface area contributed by atoms with Gasteiger partial charge in [-0.1, -0.05) is 13.8 Å². The molecule has 0 radical (unpaired) electrons. The summed E-state index contributed by atoms with van der Waals surface area (Å²) in [6.07, 6.45) is 1.21. The number of halogens is 1. The molecule has 1 aliphatic rings. The number of hydrogen-bond donors (Lipinski definition) is 0. The van der Waals surface area contributed by atoms with Gasteiger partial charge < -0.3 is 4.90 Å². The van der Waals surface area contributed by atoms with Crippen molar-refractivity contribution in [2.45, 2.75) is 32.2 Å². The monoisotopic (exact) mass is 268 g/mol. The molecule has 4 nitrogen and oxygen atoms in total. The van der Waals surface area contributed by atoms with Crippen LogP contribution in [0.15, 0.2) is 12.1 Å². The lowest BCUT2D eigenvalue weighted by atomic mass is 10.2. The first-order chi connectivity index (χ1) is 8.78. The minimum absolute atomic E-state index is 0.426. The average molecular weight is 269 g/mol. The van der Waals surface area contributed by atoms with Crippen molar-refractivity contribution >= 4 is 17.4 Å². The molecule has 0 spiro atoms. The van der Waals surface area contributed by atoms with Crippen LogP contribution in [0.4, 0.5) is 5.82 Å². The molecule has 1 aliphatic heterocycles. The molecule has 0 aromatic carbocycles. The summed E-state index contributed by atoms with van der Waals surface area (Å²) in [5.74, 6) is 1.40. The molecule has 0 amide bonds. The Morgan fingerprint density at radius 2 is 2.11 bits per heavy atom. The molecule has 0 saturated carbocycles. The van der Waals surface area contributed by atoms with Gasteiger partial charge in [0.1, 0.15) is 0 Å². The van der Waals surface area contributed by atoms with Crippen molar-refractivity contribution in [2.24, 2.45) is 0 Å². The van der Waals surface area contributed by atoms with Crippen LogP contribution in [0.1, 0.15) is 26.0 Å². The van der Waals surface area contributed by atoms with E-state index < -0.39 is 0 Å². The molecule has 1 aromatic rings. The predicted molar refractivity (Wildman–Crippen MR) is 75.1 cm³/mol. The Labute approximate surface area is 114 Å². The molecule has 1 saturated heterocycles. The van der Waals surface area contributed by atoms with Crippen LogP contribution in [-0.4, -0.2) is 47.3 Å². The molecular formula is C13H21ClN4. The van der Waals surface area contributed by atoms with Crippen LogP contribution in [0.5, 0.6) is 0 Å². The number of alkyl halides is 1. The van der Waals surface area contributed by atoms with Gasteiger partial charge in [-0.25, -0.2) is 0 Å². The van der Waals surface area contributed by atoms with Gasteiger partial charge in [0.2, 0.25) is 0 Å². The Bertz CT molecular complexity index is 364. The van der Waals surface area contributed by atoms with E-state index in [9.17, 15) is 0 Å². The van der Waals surface area contributed by atoms with Crippen molar-refractivity contribution in [3.05, 3.63) is 17.8 Å². The molecule has 0 aliphatic carbocycles. The summed E-state index contributed by atoms with van der Waals surface area (Å²) in [5.41, 5.74) is 0.833. The van der Waals surface area contributed by atoms with Crippen LogP contribution in [0.25, 0.3) is 0 Å². The van der Waals surface area contributed by atoms with Crippen LogP contribution in [0.2, 0.25) is 0 Å². The number of aromatic nitrogens is 2. The van der Waals surface area contributed by atoms with E-state index in [-0.39, 0.29) is 0 Å². The Morgan fingerprint density at radius 3 is 2.67 bits per heavy atom. The normalized spacial score (nSPS) is 19.8. The second-order valence-corrected chi connectivity index (χ2v) is 4.89.